The molecule has 0 aromatic carbocycles. The lowest BCUT2D eigenvalue weighted by Gasteiger charge is -2.41. The smallest absolute Gasteiger partial charge is 0.237 e. The monoisotopic (exact) mass is 210 g/mol. The van der Waals surface area contributed by atoms with E-state index in [-0.39, 0.29) is 5.54 Å². The first-order valence-corrected chi connectivity index (χ1v) is 6.14. The highest BCUT2D eigenvalue weighted by atomic mass is 16.2. The number of hydrogen-bond donors (Lipinski definition) is 1. The number of amides is 1. The minimum atomic E-state index is 0.0373. The molecule has 1 amide bonds. The first-order valence-electron chi connectivity index (χ1n) is 6.14. The second kappa shape index (κ2) is 4.12. The van der Waals surface area contributed by atoms with E-state index in [0.29, 0.717) is 18.5 Å². The van der Waals surface area contributed by atoms with Crippen LogP contribution in [0.4, 0.5) is 0 Å². The topological polar surface area (TPSA) is 32.3 Å². The molecule has 1 saturated carbocycles. The summed E-state index contributed by atoms with van der Waals surface area (Å²) >= 11 is 0. The molecule has 0 unspecified atom stereocenters. The summed E-state index contributed by atoms with van der Waals surface area (Å²) in [5.41, 5.74) is 0.0373. The zero-order valence-corrected chi connectivity index (χ0v) is 9.88. The fourth-order valence-corrected chi connectivity index (χ4v) is 2.99. The van der Waals surface area contributed by atoms with E-state index >= 15 is 0 Å². The minimum absolute atomic E-state index is 0.0373. The number of carbonyl (C=O) groups excluding carboxylic acids is 1. The molecule has 86 valence electrons. The normalized spacial score (nSPS) is 28.1. The van der Waals surface area contributed by atoms with E-state index in [1.807, 2.05) is 0 Å². The molecule has 2 aliphatic rings. The van der Waals surface area contributed by atoms with Crippen molar-refractivity contribution in [2.45, 2.75) is 57.5 Å². The van der Waals surface area contributed by atoms with Gasteiger partial charge in [-0.3, -0.25) is 4.79 Å². The van der Waals surface area contributed by atoms with E-state index in [9.17, 15) is 4.79 Å². The van der Waals surface area contributed by atoms with Crippen molar-refractivity contribution in [2.75, 3.05) is 13.1 Å². The summed E-state index contributed by atoms with van der Waals surface area (Å²) in [4.78, 5) is 14.2. The van der Waals surface area contributed by atoms with Gasteiger partial charge in [-0.1, -0.05) is 12.8 Å². The molecule has 2 rings (SSSR count). The maximum absolute atomic E-state index is 12.1. The molecule has 1 aliphatic heterocycles. The summed E-state index contributed by atoms with van der Waals surface area (Å²) in [5.74, 6) is 0.296. The molecule has 1 aliphatic carbocycles. The van der Waals surface area contributed by atoms with Crippen LogP contribution < -0.4 is 5.32 Å². The van der Waals surface area contributed by atoms with Gasteiger partial charge in [0.25, 0.3) is 0 Å². The van der Waals surface area contributed by atoms with Crippen molar-refractivity contribution in [3.63, 3.8) is 0 Å². The Morgan fingerprint density at radius 3 is 2.67 bits per heavy atom. The molecule has 1 saturated heterocycles. The van der Waals surface area contributed by atoms with E-state index in [1.54, 1.807) is 0 Å². The zero-order valence-electron chi connectivity index (χ0n) is 9.88. The highest BCUT2D eigenvalue weighted by Gasteiger charge is 2.38. The van der Waals surface area contributed by atoms with Crippen molar-refractivity contribution in [3.8, 4) is 0 Å². The van der Waals surface area contributed by atoms with Crippen molar-refractivity contribution in [3.05, 3.63) is 0 Å². The predicted molar refractivity (Wildman–Crippen MR) is 60.7 cm³/mol. The summed E-state index contributed by atoms with van der Waals surface area (Å²) in [5, 5.41) is 3.21. The van der Waals surface area contributed by atoms with Crippen LogP contribution in [0.3, 0.4) is 0 Å². The summed E-state index contributed by atoms with van der Waals surface area (Å²) in [7, 11) is 0. The first-order chi connectivity index (χ1) is 7.11. The van der Waals surface area contributed by atoms with Crippen LogP contribution in [0.5, 0.6) is 0 Å². The number of carbonyl (C=O) groups is 1. The molecule has 0 bridgehead atoms. The van der Waals surface area contributed by atoms with Crippen molar-refractivity contribution in [2.24, 2.45) is 0 Å². The number of hydrogen-bond acceptors (Lipinski definition) is 2. The third kappa shape index (κ3) is 2.17. The Morgan fingerprint density at radius 2 is 2.00 bits per heavy atom. The van der Waals surface area contributed by atoms with Gasteiger partial charge in [-0.25, -0.2) is 0 Å². The minimum Gasteiger partial charge on any atom is -0.333 e. The molecule has 3 nitrogen and oxygen atoms in total. The average Bonchev–Trinajstić information content (AvgIpc) is 2.61. The van der Waals surface area contributed by atoms with Gasteiger partial charge in [0.05, 0.1) is 6.54 Å². The van der Waals surface area contributed by atoms with Crippen LogP contribution >= 0.6 is 0 Å². The summed E-state index contributed by atoms with van der Waals surface area (Å²) in [6.07, 6.45) is 6.05. The molecule has 3 heteroatoms. The van der Waals surface area contributed by atoms with Crippen molar-refractivity contribution < 1.29 is 4.79 Å². The molecule has 0 atom stereocenters. The van der Waals surface area contributed by atoms with Crippen LogP contribution in [0, 0.1) is 0 Å². The SMILES string of the molecule is CC1(C)CCNCC(=O)N1C1CCCC1. The zero-order chi connectivity index (χ0) is 10.9. The maximum Gasteiger partial charge on any atom is 0.237 e. The third-order valence-electron chi connectivity index (χ3n) is 3.80. The molecule has 1 heterocycles. The molecule has 0 aromatic rings. The molecule has 0 radical (unpaired) electrons. The van der Waals surface area contributed by atoms with Crippen LogP contribution in [0.25, 0.3) is 0 Å². The highest BCUT2D eigenvalue weighted by Crippen LogP contribution is 2.31. The fraction of sp³-hybridized carbons (Fsp3) is 0.917. The van der Waals surface area contributed by atoms with Crippen LogP contribution in [0.2, 0.25) is 0 Å². The van der Waals surface area contributed by atoms with Crippen molar-refractivity contribution in [1.29, 1.82) is 0 Å². The number of rotatable bonds is 1. The molecule has 15 heavy (non-hydrogen) atoms. The Balaban J connectivity index is 2.17. The Labute approximate surface area is 92.2 Å². The fourth-order valence-electron chi connectivity index (χ4n) is 2.99. The molecular weight excluding hydrogens is 188 g/mol. The van der Waals surface area contributed by atoms with E-state index in [4.69, 9.17) is 0 Å². The number of nitrogens with zero attached hydrogens (tertiary/aromatic N) is 1. The molecular formula is C12H22N2O. The Morgan fingerprint density at radius 1 is 1.33 bits per heavy atom. The van der Waals surface area contributed by atoms with Gasteiger partial charge in [0.1, 0.15) is 0 Å². The average molecular weight is 210 g/mol. The molecule has 0 aromatic heterocycles. The first kappa shape index (κ1) is 10.9. The van der Waals surface area contributed by atoms with E-state index in [0.717, 1.165) is 13.0 Å². The molecule has 2 fully saturated rings. The maximum atomic E-state index is 12.1. The lowest BCUT2D eigenvalue weighted by atomic mass is 9.95. The lowest BCUT2D eigenvalue weighted by molar-refractivity contribution is -0.137. The van der Waals surface area contributed by atoms with E-state index < -0.39 is 0 Å². The molecule has 1 N–H and O–H groups in total. The van der Waals surface area contributed by atoms with Gasteiger partial charge in [0.2, 0.25) is 5.91 Å². The summed E-state index contributed by atoms with van der Waals surface area (Å²) in [6, 6.07) is 0.507. The van der Waals surface area contributed by atoms with Gasteiger partial charge in [-0.2, -0.15) is 0 Å². The van der Waals surface area contributed by atoms with Crippen LogP contribution in [0.1, 0.15) is 46.0 Å². The second-order valence-electron chi connectivity index (χ2n) is 5.44. The second-order valence-corrected chi connectivity index (χ2v) is 5.44. The summed E-state index contributed by atoms with van der Waals surface area (Å²) < 4.78 is 0. The Hall–Kier alpha value is -0.570. The molecule has 0 spiro atoms. The van der Waals surface area contributed by atoms with Gasteiger partial charge in [-0.05, 0) is 39.7 Å². The summed E-state index contributed by atoms with van der Waals surface area (Å²) in [6.45, 7) is 5.90. The van der Waals surface area contributed by atoms with Crippen molar-refractivity contribution >= 4 is 5.91 Å². The van der Waals surface area contributed by atoms with Gasteiger partial charge < -0.3 is 10.2 Å². The van der Waals surface area contributed by atoms with Crippen LogP contribution in [-0.2, 0) is 4.79 Å². The van der Waals surface area contributed by atoms with Gasteiger partial charge in [0, 0.05) is 11.6 Å². The standard InChI is InChI=1S/C12H22N2O/c1-12(2)7-8-13-9-11(15)14(12)10-5-3-4-6-10/h10,13H,3-9H2,1-2H3. The van der Waals surface area contributed by atoms with Gasteiger partial charge in [0.15, 0.2) is 0 Å². The highest BCUT2D eigenvalue weighted by molar-refractivity contribution is 5.79. The quantitative estimate of drug-likeness (QED) is 0.712. The van der Waals surface area contributed by atoms with E-state index in [1.165, 1.54) is 25.7 Å². The Bertz CT molecular complexity index is 244. The lowest BCUT2D eigenvalue weighted by Crippen LogP contribution is -2.52. The largest absolute Gasteiger partial charge is 0.333 e. The van der Waals surface area contributed by atoms with Crippen LogP contribution in [0.15, 0.2) is 0 Å². The Kier molecular flexibility index (Phi) is 3.01. The van der Waals surface area contributed by atoms with Crippen molar-refractivity contribution in [1.82, 2.24) is 10.2 Å². The predicted octanol–water partition coefficient (Wildman–Crippen LogP) is 1.53. The third-order valence-corrected chi connectivity index (χ3v) is 3.80. The number of nitrogens with one attached hydrogen (secondary N) is 1. The van der Waals surface area contributed by atoms with E-state index in [2.05, 4.69) is 24.1 Å². The van der Waals surface area contributed by atoms with Gasteiger partial charge >= 0.3 is 0 Å². The van der Waals surface area contributed by atoms with Gasteiger partial charge in [-0.15, -0.1) is 0 Å². The van der Waals surface area contributed by atoms with Crippen LogP contribution in [-0.4, -0.2) is 35.5 Å².